The van der Waals surface area contributed by atoms with Crippen LogP contribution in [0, 0.1) is 6.92 Å². The zero-order valence-electron chi connectivity index (χ0n) is 14.8. The van der Waals surface area contributed by atoms with E-state index in [9.17, 15) is 4.79 Å². The van der Waals surface area contributed by atoms with Crippen LogP contribution in [0.4, 0.5) is 0 Å². The Balaban J connectivity index is 1.52. The second-order valence-corrected chi connectivity index (χ2v) is 9.09. The summed E-state index contributed by atoms with van der Waals surface area (Å²) in [5.41, 5.74) is 2.33. The molecule has 2 aliphatic rings. The van der Waals surface area contributed by atoms with Crippen molar-refractivity contribution in [3.8, 4) is 0 Å². The van der Waals surface area contributed by atoms with Gasteiger partial charge in [0.15, 0.2) is 10.8 Å². The molecule has 1 aliphatic heterocycles. The molecule has 0 spiro atoms. The molecule has 1 amide bonds. The second-order valence-electron chi connectivity index (χ2n) is 7.07. The number of aryl methyl sites for hydroxylation is 3. The van der Waals surface area contributed by atoms with Gasteiger partial charge in [0.05, 0.1) is 11.1 Å². The quantitative estimate of drug-likeness (QED) is 0.646. The molecule has 0 bridgehead atoms. The van der Waals surface area contributed by atoms with Gasteiger partial charge in [0, 0.05) is 18.0 Å². The molecule has 1 saturated heterocycles. The largest absolute Gasteiger partial charge is 0.342 e. The van der Waals surface area contributed by atoms with Crippen molar-refractivity contribution >= 4 is 44.9 Å². The summed E-state index contributed by atoms with van der Waals surface area (Å²) in [7, 11) is 0. The molecule has 6 nitrogen and oxygen atoms in total. The molecule has 0 saturated carbocycles. The van der Waals surface area contributed by atoms with E-state index in [-0.39, 0.29) is 5.91 Å². The third kappa shape index (κ3) is 2.62. The molecular weight excluding hydrogens is 366 g/mol. The maximum atomic E-state index is 12.4. The second kappa shape index (κ2) is 6.49. The van der Waals surface area contributed by atoms with Gasteiger partial charge in [0.25, 0.3) is 0 Å². The lowest BCUT2D eigenvalue weighted by Gasteiger charge is -2.14. The molecule has 8 heteroatoms. The maximum Gasteiger partial charge on any atom is 0.233 e. The summed E-state index contributed by atoms with van der Waals surface area (Å²) in [6.07, 6.45) is 7.00. The van der Waals surface area contributed by atoms with E-state index in [2.05, 4.69) is 10.2 Å². The van der Waals surface area contributed by atoms with Crippen molar-refractivity contribution in [3.05, 3.63) is 16.3 Å². The molecular formula is C18H21N5OS2. The van der Waals surface area contributed by atoms with E-state index in [4.69, 9.17) is 4.98 Å². The van der Waals surface area contributed by atoms with Crippen LogP contribution in [-0.2, 0) is 17.6 Å². The smallest absolute Gasteiger partial charge is 0.233 e. The van der Waals surface area contributed by atoms with E-state index in [0.29, 0.717) is 5.75 Å². The van der Waals surface area contributed by atoms with Gasteiger partial charge >= 0.3 is 0 Å². The van der Waals surface area contributed by atoms with E-state index >= 15 is 0 Å². The maximum absolute atomic E-state index is 12.4. The number of rotatable bonds is 3. The summed E-state index contributed by atoms with van der Waals surface area (Å²) in [6.45, 7) is 3.78. The Morgan fingerprint density at radius 3 is 2.81 bits per heavy atom. The van der Waals surface area contributed by atoms with Crippen LogP contribution in [-0.4, -0.2) is 49.2 Å². The minimum absolute atomic E-state index is 0.198. The SMILES string of the molecule is Cc1nc2sc3c(c2c2nnc(SCC(=O)N4CCCC4)n12)CCCC3. The van der Waals surface area contributed by atoms with Crippen LogP contribution in [0.3, 0.4) is 0 Å². The number of amides is 1. The molecule has 0 radical (unpaired) electrons. The van der Waals surface area contributed by atoms with E-state index in [1.165, 1.54) is 40.4 Å². The number of fused-ring (bicyclic) bond motifs is 5. The van der Waals surface area contributed by atoms with Crippen molar-refractivity contribution in [2.45, 2.75) is 50.6 Å². The number of nitrogens with zero attached hydrogens (tertiary/aromatic N) is 5. The van der Waals surface area contributed by atoms with E-state index in [1.54, 1.807) is 0 Å². The zero-order chi connectivity index (χ0) is 17.7. The minimum Gasteiger partial charge on any atom is -0.342 e. The topological polar surface area (TPSA) is 63.4 Å². The predicted molar refractivity (Wildman–Crippen MR) is 104 cm³/mol. The van der Waals surface area contributed by atoms with E-state index in [1.807, 2.05) is 27.6 Å². The Morgan fingerprint density at radius 2 is 1.96 bits per heavy atom. The lowest BCUT2D eigenvalue weighted by Crippen LogP contribution is -2.29. The van der Waals surface area contributed by atoms with Crippen LogP contribution in [0.25, 0.3) is 15.9 Å². The number of carbonyl (C=O) groups excluding carboxylic acids is 1. The van der Waals surface area contributed by atoms with E-state index < -0.39 is 0 Å². The first-order valence-electron chi connectivity index (χ1n) is 9.29. The highest BCUT2D eigenvalue weighted by Crippen LogP contribution is 2.38. The number of hydrogen-bond acceptors (Lipinski definition) is 6. The van der Waals surface area contributed by atoms with Gasteiger partial charge in [-0.2, -0.15) is 0 Å². The molecule has 136 valence electrons. The normalized spacial score (nSPS) is 17.3. The highest BCUT2D eigenvalue weighted by Gasteiger charge is 2.23. The fourth-order valence-corrected chi connectivity index (χ4v) is 6.24. The van der Waals surface area contributed by atoms with Gasteiger partial charge in [0.2, 0.25) is 5.91 Å². The van der Waals surface area contributed by atoms with Crippen molar-refractivity contribution in [1.82, 2.24) is 24.5 Å². The Bertz CT molecular complexity index is 1000. The minimum atomic E-state index is 0.198. The first-order chi connectivity index (χ1) is 12.7. The molecule has 0 unspecified atom stereocenters. The highest BCUT2D eigenvalue weighted by molar-refractivity contribution is 7.99. The molecule has 0 atom stereocenters. The van der Waals surface area contributed by atoms with Gasteiger partial charge in [-0.1, -0.05) is 11.8 Å². The molecule has 5 rings (SSSR count). The first kappa shape index (κ1) is 16.5. The van der Waals surface area contributed by atoms with Gasteiger partial charge < -0.3 is 4.90 Å². The molecule has 1 aliphatic carbocycles. The predicted octanol–water partition coefficient (Wildman–Crippen LogP) is 3.24. The molecule has 26 heavy (non-hydrogen) atoms. The highest BCUT2D eigenvalue weighted by atomic mass is 32.2. The van der Waals surface area contributed by atoms with Crippen molar-refractivity contribution in [2.24, 2.45) is 0 Å². The summed E-state index contributed by atoms with van der Waals surface area (Å²) in [5.74, 6) is 1.51. The Labute approximate surface area is 160 Å². The molecule has 3 aromatic rings. The third-order valence-electron chi connectivity index (χ3n) is 5.38. The average molecular weight is 388 g/mol. The average Bonchev–Trinajstić information content (AvgIpc) is 3.37. The zero-order valence-corrected chi connectivity index (χ0v) is 16.5. The number of aromatic nitrogens is 4. The summed E-state index contributed by atoms with van der Waals surface area (Å²) in [5, 5.41) is 10.9. The standard InChI is InChI=1S/C18H21N5OS2/c1-11-19-17-15(12-6-2-3-7-13(12)26-17)16-20-21-18(23(11)16)25-10-14(24)22-8-4-5-9-22/h2-10H2,1H3. The van der Waals surface area contributed by atoms with Crippen molar-refractivity contribution in [3.63, 3.8) is 0 Å². The van der Waals surface area contributed by atoms with Crippen molar-refractivity contribution in [2.75, 3.05) is 18.8 Å². The molecule has 0 N–H and O–H groups in total. The molecule has 3 aromatic heterocycles. The number of hydrogen-bond donors (Lipinski definition) is 0. The lowest BCUT2D eigenvalue weighted by atomic mass is 9.97. The fourth-order valence-electron chi connectivity index (χ4n) is 4.06. The number of carbonyl (C=O) groups is 1. The van der Waals surface area contributed by atoms with Gasteiger partial charge in [-0.15, -0.1) is 21.5 Å². The number of thiophene rings is 1. The van der Waals surface area contributed by atoms with Crippen LogP contribution in [0.2, 0.25) is 0 Å². The van der Waals surface area contributed by atoms with Crippen molar-refractivity contribution in [1.29, 1.82) is 0 Å². The van der Waals surface area contributed by atoms with Crippen LogP contribution in [0.15, 0.2) is 5.16 Å². The Kier molecular flexibility index (Phi) is 4.12. The van der Waals surface area contributed by atoms with Crippen molar-refractivity contribution < 1.29 is 4.79 Å². The van der Waals surface area contributed by atoms with Gasteiger partial charge in [-0.05, 0) is 51.0 Å². The lowest BCUT2D eigenvalue weighted by molar-refractivity contribution is -0.127. The van der Waals surface area contributed by atoms with Crippen LogP contribution < -0.4 is 0 Å². The third-order valence-corrected chi connectivity index (χ3v) is 7.48. The first-order valence-corrected chi connectivity index (χ1v) is 11.1. The molecule has 1 fully saturated rings. The van der Waals surface area contributed by atoms with E-state index in [0.717, 1.165) is 60.2 Å². The van der Waals surface area contributed by atoms with Crippen LogP contribution in [0.1, 0.15) is 41.9 Å². The Morgan fingerprint density at radius 1 is 1.15 bits per heavy atom. The van der Waals surface area contributed by atoms with Gasteiger partial charge in [0.1, 0.15) is 10.7 Å². The number of likely N-dealkylation sites (tertiary alicyclic amines) is 1. The number of thioether (sulfide) groups is 1. The fraction of sp³-hybridized carbons (Fsp3) is 0.556. The molecule has 0 aromatic carbocycles. The molecule has 4 heterocycles. The monoisotopic (exact) mass is 387 g/mol. The summed E-state index contributed by atoms with van der Waals surface area (Å²) in [4.78, 5) is 21.7. The van der Waals surface area contributed by atoms with Gasteiger partial charge in [-0.25, -0.2) is 4.98 Å². The van der Waals surface area contributed by atoms with Gasteiger partial charge in [-0.3, -0.25) is 9.20 Å². The summed E-state index contributed by atoms with van der Waals surface area (Å²) in [6, 6.07) is 0. The summed E-state index contributed by atoms with van der Waals surface area (Å²) >= 11 is 3.29. The Hall–Kier alpha value is -1.67. The summed E-state index contributed by atoms with van der Waals surface area (Å²) < 4.78 is 2.03. The van der Waals surface area contributed by atoms with Crippen LogP contribution >= 0.6 is 23.1 Å². The van der Waals surface area contributed by atoms with Crippen LogP contribution in [0.5, 0.6) is 0 Å².